The van der Waals surface area contributed by atoms with Crippen molar-refractivity contribution < 1.29 is 4.79 Å². The van der Waals surface area contributed by atoms with Crippen molar-refractivity contribution in [3.05, 3.63) is 47.0 Å². The van der Waals surface area contributed by atoms with Crippen molar-refractivity contribution in [2.24, 2.45) is 0 Å². The van der Waals surface area contributed by atoms with Gasteiger partial charge in [-0.05, 0) is 31.9 Å². The Morgan fingerprint density at radius 3 is 2.55 bits per heavy atom. The molecule has 0 aliphatic rings. The summed E-state index contributed by atoms with van der Waals surface area (Å²) in [7, 11) is 0. The lowest BCUT2D eigenvalue weighted by Gasteiger charge is -2.13. The van der Waals surface area contributed by atoms with Crippen molar-refractivity contribution in [3.8, 4) is 0 Å². The number of nitrogens with zero attached hydrogens (tertiary/aromatic N) is 1. The molecule has 0 unspecified atom stereocenters. The van der Waals surface area contributed by atoms with E-state index in [0.29, 0.717) is 6.54 Å². The molecule has 2 aromatic rings. The van der Waals surface area contributed by atoms with Gasteiger partial charge in [-0.1, -0.05) is 17.7 Å². The number of imidazole rings is 1. The van der Waals surface area contributed by atoms with Gasteiger partial charge in [0.05, 0.1) is 13.1 Å². The van der Waals surface area contributed by atoms with Gasteiger partial charge in [0.1, 0.15) is 5.82 Å². The fraction of sp³-hybridized carbons (Fsp3) is 0.333. The van der Waals surface area contributed by atoms with Crippen LogP contribution in [0, 0.1) is 20.8 Å². The molecule has 0 aliphatic heterocycles. The van der Waals surface area contributed by atoms with Crippen LogP contribution in [0.25, 0.3) is 0 Å². The maximum atomic E-state index is 11.9. The summed E-state index contributed by atoms with van der Waals surface area (Å²) in [4.78, 5) is 19.0. The molecule has 0 fully saturated rings. The largest absolute Gasteiger partial charge is 0.348 e. The first-order valence-corrected chi connectivity index (χ1v) is 6.63. The Hall–Kier alpha value is -2.14. The number of hydrogen-bond donors (Lipinski definition) is 3. The third kappa shape index (κ3) is 3.68. The van der Waals surface area contributed by atoms with Gasteiger partial charge in [-0.3, -0.25) is 4.79 Å². The minimum Gasteiger partial charge on any atom is -0.348 e. The highest BCUT2D eigenvalue weighted by Gasteiger charge is 2.08. The summed E-state index contributed by atoms with van der Waals surface area (Å²) in [6.45, 7) is 6.87. The maximum Gasteiger partial charge on any atom is 0.238 e. The number of hydrogen-bond acceptors (Lipinski definition) is 3. The standard InChI is InChI=1S/C15H20N4O/c1-10-6-11(2)15(12(3)7-10)19-14(20)9-16-8-13-17-4-5-18-13/h4-7,16H,8-9H2,1-3H3,(H,17,18)(H,19,20). The van der Waals surface area contributed by atoms with Crippen molar-refractivity contribution in [1.82, 2.24) is 15.3 Å². The molecule has 0 radical (unpaired) electrons. The van der Waals surface area contributed by atoms with Crippen LogP contribution in [0.2, 0.25) is 0 Å². The molecule has 0 atom stereocenters. The molecule has 20 heavy (non-hydrogen) atoms. The van der Waals surface area contributed by atoms with Crippen molar-refractivity contribution in [1.29, 1.82) is 0 Å². The second-order valence-electron chi connectivity index (χ2n) is 4.96. The minimum absolute atomic E-state index is 0.0494. The second kappa shape index (κ2) is 6.34. The lowest BCUT2D eigenvalue weighted by Crippen LogP contribution is -2.28. The highest BCUT2D eigenvalue weighted by molar-refractivity contribution is 5.93. The Morgan fingerprint density at radius 2 is 1.95 bits per heavy atom. The lowest BCUT2D eigenvalue weighted by molar-refractivity contribution is -0.115. The summed E-state index contributed by atoms with van der Waals surface area (Å²) in [5.74, 6) is 0.770. The third-order valence-corrected chi connectivity index (χ3v) is 3.07. The number of aromatic nitrogens is 2. The molecule has 5 nitrogen and oxygen atoms in total. The Balaban J connectivity index is 1.88. The molecular weight excluding hydrogens is 252 g/mol. The predicted molar refractivity (Wildman–Crippen MR) is 79.6 cm³/mol. The second-order valence-corrected chi connectivity index (χ2v) is 4.96. The summed E-state index contributed by atoms with van der Waals surface area (Å²) >= 11 is 0. The number of benzene rings is 1. The normalized spacial score (nSPS) is 10.6. The molecule has 0 saturated heterocycles. The number of rotatable bonds is 5. The van der Waals surface area contributed by atoms with Crippen molar-refractivity contribution in [2.75, 3.05) is 11.9 Å². The van der Waals surface area contributed by atoms with Crippen molar-refractivity contribution >= 4 is 11.6 Å². The van der Waals surface area contributed by atoms with Gasteiger partial charge in [-0.15, -0.1) is 0 Å². The van der Waals surface area contributed by atoms with Gasteiger partial charge >= 0.3 is 0 Å². The first-order valence-electron chi connectivity index (χ1n) is 6.63. The van der Waals surface area contributed by atoms with E-state index in [1.165, 1.54) is 5.56 Å². The monoisotopic (exact) mass is 272 g/mol. The Labute approximate surface area is 118 Å². The molecule has 0 saturated carbocycles. The van der Waals surface area contributed by atoms with E-state index in [2.05, 4.69) is 39.7 Å². The van der Waals surface area contributed by atoms with Gasteiger partial charge in [0.25, 0.3) is 0 Å². The van der Waals surface area contributed by atoms with Crippen LogP contribution >= 0.6 is 0 Å². The number of aromatic amines is 1. The van der Waals surface area contributed by atoms with Crippen LogP contribution in [0.5, 0.6) is 0 Å². The van der Waals surface area contributed by atoms with E-state index in [0.717, 1.165) is 22.6 Å². The minimum atomic E-state index is -0.0494. The molecule has 0 aliphatic carbocycles. The average molecular weight is 272 g/mol. The van der Waals surface area contributed by atoms with Crippen LogP contribution in [0.15, 0.2) is 24.5 Å². The van der Waals surface area contributed by atoms with Gasteiger partial charge in [0.2, 0.25) is 5.91 Å². The summed E-state index contributed by atoms with van der Waals surface area (Å²) in [6, 6.07) is 4.14. The molecule has 3 N–H and O–H groups in total. The number of anilines is 1. The van der Waals surface area contributed by atoms with E-state index in [4.69, 9.17) is 0 Å². The molecule has 1 amide bonds. The Morgan fingerprint density at radius 1 is 1.25 bits per heavy atom. The highest BCUT2D eigenvalue weighted by atomic mass is 16.1. The summed E-state index contributed by atoms with van der Waals surface area (Å²) in [6.07, 6.45) is 3.45. The zero-order valence-electron chi connectivity index (χ0n) is 12.1. The van der Waals surface area contributed by atoms with E-state index in [1.54, 1.807) is 12.4 Å². The van der Waals surface area contributed by atoms with Crippen LogP contribution in [0.1, 0.15) is 22.5 Å². The Bertz CT molecular complexity index is 567. The van der Waals surface area contributed by atoms with E-state index in [-0.39, 0.29) is 12.5 Å². The topological polar surface area (TPSA) is 69.8 Å². The molecule has 1 aromatic heterocycles. The van der Waals surface area contributed by atoms with Gasteiger partial charge in [-0.2, -0.15) is 0 Å². The number of carbonyl (C=O) groups excluding carboxylic acids is 1. The SMILES string of the molecule is Cc1cc(C)c(NC(=O)CNCc2ncc[nH]2)c(C)c1. The average Bonchev–Trinajstić information content (AvgIpc) is 2.87. The zero-order chi connectivity index (χ0) is 14.5. The first-order chi connectivity index (χ1) is 9.56. The van der Waals surface area contributed by atoms with Gasteiger partial charge in [-0.25, -0.2) is 4.98 Å². The molecule has 0 bridgehead atoms. The zero-order valence-corrected chi connectivity index (χ0v) is 12.1. The molecule has 1 heterocycles. The van der Waals surface area contributed by atoms with E-state index in [1.807, 2.05) is 13.8 Å². The maximum absolute atomic E-state index is 11.9. The van der Waals surface area contributed by atoms with Gasteiger partial charge < -0.3 is 15.6 Å². The van der Waals surface area contributed by atoms with Crippen LogP contribution in [-0.4, -0.2) is 22.4 Å². The van der Waals surface area contributed by atoms with E-state index < -0.39 is 0 Å². The molecule has 2 rings (SSSR count). The number of H-pyrrole nitrogens is 1. The third-order valence-electron chi connectivity index (χ3n) is 3.07. The van der Waals surface area contributed by atoms with Crippen molar-refractivity contribution in [2.45, 2.75) is 27.3 Å². The van der Waals surface area contributed by atoms with Gasteiger partial charge in [0, 0.05) is 18.1 Å². The van der Waals surface area contributed by atoms with Crippen LogP contribution in [0.3, 0.4) is 0 Å². The molecule has 5 heteroatoms. The summed E-state index contributed by atoms with van der Waals surface area (Å²) in [5.41, 5.74) is 4.28. The van der Waals surface area contributed by atoms with Crippen LogP contribution in [-0.2, 0) is 11.3 Å². The number of aryl methyl sites for hydroxylation is 3. The Kier molecular flexibility index (Phi) is 4.53. The number of nitrogens with one attached hydrogen (secondary N) is 3. The molecule has 1 aromatic carbocycles. The molecule has 0 spiro atoms. The van der Waals surface area contributed by atoms with E-state index >= 15 is 0 Å². The molecular formula is C15H20N4O. The molecule has 106 valence electrons. The van der Waals surface area contributed by atoms with Crippen LogP contribution in [0.4, 0.5) is 5.69 Å². The quantitative estimate of drug-likeness (QED) is 0.780. The van der Waals surface area contributed by atoms with Crippen LogP contribution < -0.4 is 10.6 Å². The predicted octanol–water partition coefficient (Wildman–Crippen LogP) is 2.06. The highest BCUT2D eigenvalue weighted by Crippen LogP contribution is 2.21. The van der Waals surface area contributed by atoms with Crippen molar-refractivity contribution in [3.63, 3.8) is 0 Å². The number of carbonyl (C=O) groups is 1. The fourth-order valence-corrected chi connectivity index (χ4v) is 2.25. The lowest BCUT2D eigenvalue weighted by atomic mass is 10.1. The summed E-state index contributed by atoms with van der Waals surface area (Å²) in [5, 5.41) is 6.01. The smallest absolute Gasteiger partial charge is 0.238 e. The van der Waals surface area contributed by atoms with E-state index in [9.17, 15) is 4.79 Å². The fourth-order valence-electron chi connectivity index (χ4n) is 2.25. The number of amides is 1. The summed E-state index contributed by atoms with van der Waals surface area (Å²) < 4.78 is 0. The first kappa shape index (κ1) is 14.3. The van der Waals surface area contributed by atoms with Gasteiger partial charge in [0.15, 0.2) is 0 Å².